The van der Waals surface area contributed by atoms with Gasteiger partial charge in [-0.1, -0.05) is 31.3 Å². The van der Waals surface area contributed by atoms with Crippen LogP contribution in [0, 0.1) is 27.7 Å². The lowest BCUT2D eigenvalue weighted by Gasteiger charge is -2.24. The Morgan fingerprint density at radius 1 is 1.07 bits per heavy atom. The molecule has 0 bridgehead atoms. The van der Waals surface area contributed by atoms with Crippen molar-refractivity contribution < 1.29 is 9.21 Å². The van der Waals surface area contributed by atoms with Crippen LogP contribution in [0.25, 0.3) is 10.2 Å². The van der Waals surface area contributed by atoms with E-state index in [0.717, 1.165) is 46.3 Å². The van der Waals surface area contributed by atoms with Crippen molar-refractivity contribution in [2.45, 2.75) is 41.5 Å². The van der Waals surface area contributed by atoms with E-state index in [4.69, 9.17) is 9.40 Å². The number of aryl methyl sites for hydroxylation is 4. The van der Waals surface area contributed by atoms with Crippen LogP contribution in [0.2, 0.25) is 0 Å². The molecule has 0 saturated carbocycles. The summed E-state index contributed by atoms with van der Waals surface area (Å²) in [6, 6.07) is 6.10. The molecule has 0 radical (unpaired) electrons. The second kappa shape index (κ2) is 8.45. The summed E-state index contributed by atoms with van der Waals surface area (Å²) in [5, 5.41) is 0.749. The second-order valence-corrected chi connectivity index (χ2v) is 8.24. The van der Waals surface area contributed by atoms with Crippen LogP contribution in [0.4, 0.5) is 5.13 Å². The first-order chi connectivity index (χ1) is 13.3. The van der Waals surface area contributed by atoms with Crippen LogP contribution in [0.3, 0.4) is 0 Å². The highest BCUT2D eigenvalue weighted by molar-refractivity contribution is 7.22. The average molecular weight is 400 g/mol. The molecular weight excluding hydrogens is 370 g/mol. The molecule has 1 aromatic carbocycles. The predicted octanol–water partition coefficient (Wildman–Crippen LogP) is 5.11. The van der Waals surface area contributed by atoms with E-state index in [2.05, 4.69) is 44.7 Å². The summed E-state index contributed by atoms with van der Waals surface area (Å²) in [6.45, 7) is 15.5. The van der Waals surface area contributed by atoms with Gasteiger partial charge >= 0.3 is 0 Å². The smallest absolute Gasteiger partial charge is 0.263 e. The third-order valence-corrected chi connectivity index (χ3v) is 6.13. The van der Waals surface area contributed by atoms with Gasteiger partial charge in [0.1, 0.15) is 11.5 Å². The highest BCUT2D eigenvalue weighted by Gasteiger charge is 2.25. The molecule has 0 saturated heterocycles. The topological polar surface area (TPSA) is 49.6 Å². The van der Waals surface area contributed by atoms with Crippen molar-refractivity contribution >= 4 is 32.6 Å². The van der Waals surface area contributed by atoms with Gasteiger partial charge in [0.25, 0.3) is 5.91 Å². The molecule has 0 aliphatic carbocycles. The van der Waals surface area contributed by atoms with Gasteiger partial charge in [-0.05, 0) is 64.0 Å². The molecule has 3 aromatic rings. The van der Waals surface area contributed by atoms with E-state index in [1.807, 2.05) is 24.8 Å². The van der Waals surface area contributed by atoms with Crippen molar-refractivity contribution in [2.24, 2.45) is 0 Å². The number of thiazole rings is 1. The maximum absolute atomic E-state index is 13.4. The van der Waals surface area contributed by atoms with E-state index < -0.39 is 0 Å². The van der Waals surface area contributed by atoms with Gasteiger partial charge in [0.15, 0.2) is 5.13 Å². The third-order valence-electron chi connectivity index (χ3n) is 5.10. The predicted molar refractivity (Wildman–Crippen MR) is 117 cm³/mol. The van der Waals surface area contributed by atoms with Crippen LogP contribution in [0.5, 0.6) is 0 Å². The van der Waals surface area contributed by atoms with Crippen molar-refractivity contribution in [3.8, 4) is 0 Å². The number of benzene rings is 1. The molecule has 0 atom stereocenters. The number of amides is 1. The lowest BCUT2D eigenvalue weighted by molar-refractivity contribution is 0.0982. The number of hydrogen-bond acceptors (Lipinski definition) is 5. The number of likely N-dealkylation sites (N-methyl/N-ethyl adjacent to an activating group) is 1. The maximum Gasteiger partial charge on any atom is 0.263 e. The molecular formula is C22H29N3O2S. The van der Waals surface area contributed by atoms with E-state index in [-0.39, 0.29) is 5.91 Å². The minimum Gasteiger partial charge on any atom is -0.466 e. The van der Waals surface area contributed by atoms with E-state index in [9.17, 15) is 4.79 Å². The molecule has 1 amide bonds. The van der Waals surface area contributed by atoms with Gasteiger partial charge in [0.2, 0.25) is 0 Å². The fraction of sp³-hybridized carbons (Fsp3) is 0.455. The fourth-order valence-electron chi connectivity index (χ4n) is 3.53. The maximum atomic E-state index is 13.4. The monoisotopic (exact) mass is 399 g/mol. The fourth-order valence-corrected chi connectivity index (χ4v) is 4.69. The van der Waals surface area contributed by atoms with Gasteiger partial charge in [0.05, 0.1) is 15.8 Å². The molecule has 0 fully saturated rings. The zero-order valence-corrected chi connectivity index (χ0v) is 18.4. The van der Waals surface area contributed by atoms with Crippen molar-refractivity contribution in [3.63, 3.8) is 0 Å². The summed E-state index contributed by atoms with van der Waals surface area (Å²) in [5.74, 6) is 1.36. The lowest BCUT2D eigenvalue weighted by Crippen LogP contribution is -2.39. The van der Waals surface area contributed by atoms with E-state index in [1.54, 1.807) is 11.3 Å². The Hall–Kier alpha value is -2.18. The number of anilines is 1. The van der Waals surface area contributed by atoms with Crippen LogP contribution < -0.4 is 4.90 Å². The van der Waals surface area contributed by atoms with Crippen LogP contribution in [0.1, 0.15) is 46.9 Å². The molecule has 0 aliphatic heterocycles. The Morgan fingerprint density at radius 3 is 2.39 bits per heavy atom. The SMILES string of the molecule is CCN(CC)CCN(C(=O)c1cc(C)oc1C)c1nc2c(C)cc(C)cc2s1. The number of aromatic nitrogens is 1. The Balaban J connectivity index is 2.01. The van der Waals surface area contributed by atoms with Crippen LogP contribution in [0.15, 0.2) is 22.6 Å². The standard InChI is InChI=1S/C22H29N3O2S/c1-7-24(8-2)9-10-25(21(26)18-13-16(5)27-17(18)6)22-23-20-15(4)11-14(3)12-19(20)28-22/h11-13H,7-10H2,1-6H3. The lowest BCUT2D eigenvalue weighted by atomic mass is 10.1. The first-order valence-electron chi connectivity index (χ1n) is 9.83. The van der Waals surface area contributed by atoms with Crippen molar-refractivity contribution in [1.82, 2.24) is 9.88 Å². The quantitative estimate of drug-likeness (QED) is 0.554. The normalized spacial score (nSPS) is 11.5. The van der Waals surface area contributed by atoms with Crippen LogP contribution >= 0.6 is 11.3 Å². The highest BCUT2D eigenvalue weighted by Crippen LogP contribution is 2.33. The van der Waals surface area contributed by atoms with Crippen molar-refractivity contribution in [3.05, 3.63) is 46.4 Å². The molecule has 150 valence electrons. The minimum absolute atomic E-state index is 0.0464. The number of fused-ring (bicyclic) bond motifs is 1. The Morgan fingerprint density at radius 2 is 1.79 bits per heavy atom. The van der Waals surface area contributed by atoms with Gasteiger partial charge in [-0.2, -0.15) is 0 Å². The third kappa shape index (κ3) is 4.13. The molecule has 0 spiro atoms. The number of nitrogens with zero attached hydrogens (tertiary/aromatic N) is 3. The van der Waals surface area contributed by atoms with Gasteiger partial charge < -0.3 is 9.32 Å². The Labute approximate surface area is 171 Å². The van der Waals surface area contributed by atoms with Crippen molar-refractivity contribution in [2.75, 3.05) is 31.1 Å². The number of carbonyl (C=O) groups is 1. The van der Waals surface area contributed by atoms with Crippen molar-refractivity contribution in [1.29, 1.82) is 0 Å². The molecule has 0 aliphatic rings. The van der Waals surface area contributed by atoms with E-state index in [1.165, 1.54) is 5.56 Å². The average Bonchev–Trinajstić information content (AvgIpc) is 3.21. The number of rotatable bonds is 7. The largest absolute Gasteiger partial charge is 0.466 e. The molecule has 28 heavy (non-hydrogen) atoms. The molecule has 5 nitrogen and oxygen atoms in total. The first kappa shape index (κ1) is 20.6. The molecule has 3 rings (SSSR count). The Kier molecular flexibility index (Phi) is 6.20. The Bertz CT molecular complexity index is 985. The summed E-state index contributed by atoms with van der Waals surface area (Å²) in [6.07, 6.45) is 0. The molecule has 2 heterocycles. The van der Waals surface area contributed by atoms with Crippen LogP contribution in [-0.2, 0) is 0 Å². The van der Waals surface area contributed by atoms with Gasteiger partial charge in [-0.3, -0.25) is 9.69 Å². The highest BCUT2D eigenvalue weighted by atomic mass is 32.1. The van der Waals surface area contributed by atoms with Crippen LogP contribution in [-0.4, -0.2) is 42.0 Å². The zero-order chi connectivity index (χ0) is 20.4. The second-order valence-electron chi connectivity index (χ2n) is 7.24. The van der Waals surface area contributed by atoms with Gasteiger partial charge in [0, 0.05) is 13.1 Å². The molecule has 2 aromatic heterocycles. The summed E-state index contributed by atoms with van der Waals surface area (Å²) in [4.78, 5) is 22.4. The van der Waals surface area contributed by atoms with Gasteiger partial charge in [-0.15, -0.1) is 0 Å². The summed E-state index contributed by atoms with van der Waals surface area (Å²) in [5.41, 5.74) is 3.95. The number of hydrogen-bond donors (Lipinski definition) is 0. The number of furan rings is 1. The summed E-state index contributed by atoms with van der Waals surface area (Å²) in [7, 11) is 0. The minimum atomic E-state index is -0.0464. The molecule has 0 N–H and O–H groups in total. The summed E-state index contributed by atoms with van der Waals surface area (Å²) >= 11 is 1.58. The molecule has 0 unspecified atom stereocenters. The summed E-state index contributed by atoms with van der Waals surface area (Å²) < 4.78 is 6.73. The van der Waals surface area contributed by atoms with E-state index >= 15 is 0 Å². The van der Waals surface area contributed by atoms with E-state index in [0.29, 0.717) is 17.9 Å². The van der Waals surface area contributed by atoms with Gasteiger partial charge in [-0.25, -0.2) is 4.98 Å². The number of carbonyl (C=O) groups excluding carboxylic acids is 1. The first-order valence-corrected chi connectivity index (χ1v) is 10.6. The molecule has 6 heteroatoms. The zero-order valence-electron chi connectivity index (χ0n) is 17.6.